The van der Waals surface area contributed by atoms with Gasteiger partial charge >= 0.3 is 0 Å². The predicted octanol–water partition coefficient (Wildman–Crippen LogP) is 4.64. The molecule has 6 rings (SSSR count). The van der Waals surface area contributed by atoms with Crippen LogP contribution in [0.3, 0.4) is 0 Å². The standard InChI is InChI=1S/C20H32O/c1-17(2)14-5-8-20-10-13-12(19(13,4)11-20)9-15(20)18(14,3)7-6-16(17)21/h12-16,21H,5-11H2,1-4H3/t12-,13+,14-,15+,16+,18-,19-,20+/m1/s1. The number of aliphatic hydroxyl groups is 1. The largest absolute Gasteiger partial charge is 0.393 e. The van der Waals surface area contributed by atoms with Crippen molar-refractivity contribution >= 4 is 0 Å². The fraction of sp³-hybridized carbons (Fsp3) is 1.00. The summed E-state index contributed by atoms with van der Waals surface area (Å²) in [7, 11) is 0. The van der Waals surface area contributed by atoms with Gasteiger partial charge in [-0.3, -0.25) is 0 Å². The Morgan fingerprint density at radius 1 is 0.857 bits per heavy atom. The van der Waals surface area contributed by atoms with Gasteiger partial charge in [0.15, 0.2) is 0 Å². The second-order valence-electron chi connectivity index (χ2n) is 10.7. The molecule has 6 saturated carbocycles. The lowest BCUT2D eigenvalue weighted by Crippen LogP contribution is -2.60. The predicted molar refractivity (Wildman–Crippen MR) is 84.7 cm³/mol. The molecule has 0 aliphatic heterocycles. The lowest BCUT2D eigenvalue weighted by Gasteiger charge is -2.66. The Morgan fingerprint density at radius 3 is 2.29 bits per heavy atom. The average molecular weight is 288 g/mol. The molecule has 0 radical (unpaired) electrons. The highest BCUT2D eigenvalue weighted by Gasteiger charge is 2.78. The van der Waals surface area contributed by atoms with Crippen LogP contribution in [-0.4, -0.2) is 11.2 Å². The van der Waals surface area contributed by atoms with Gasteiger partial charge in [0.05, 0.1) is 6.10 Å². The van der Waals surface area contributed by atoms with Crippen molar-refractivity contribution in [1.82, 2.24) is 0 Å². The number of hydrogen-bond donors (Lipinski definition) is 1. The smallest absolute Gasteiger partial charge is 0.0594 e. The highest BCUT2D eigenvalue weighted by Crippen LogP contribution is 2.85. The summed E-state index contributed by atoms with van der Waals surface area (Å²) in [5.41, 5.74) is 2.10. The highest BCUT2D eigenvalue weighted by molar-refractivity contribution is 5.27. The summed E-state index contributed by atoms with van der Waals surface area (Å²) >= 11 is 0. The molecule has 118 valence electrons. The molecular weight excluding hydrogens is 256 g/mol. The van der Waals surface area contributed by atoms with Crippen LogP contribution in [-0.2, 0) is 0 Å². The van der Waals surface area contributed by atoms with E-state index in [9.17, 15) is 5.11 Å². The van der Waals surface area contributed by atoms with Gasteiger partial charge in [-0.05, 0) is 90.3 Å². The maximum absolute atomic E-state index is 10.6. The van der Waals surface area contributed by atoms with E-state index < -0.39 is 0 Å². The third kappa shape index (κ3) is 1.28. The molecule has 0 aromatic rings. The second-order valence-corrected chi connectivity index (χ2v) is 10.7. The first-order chi connectivity index (χ1) is 9.74. The van der Waals surface area contributed by atoms with Crippen molar-refractivity contribution in [3.63, 3.8) is 0 Å². The fourth-order valence-corrected chi connectivity index (χ4v) is 8.83. The Hall–Kier alpha value is -0.0400. The van der Waals surface area contributed by atoms with Gasteiger partial charge in [0.1, 0.15) is 0 Å². The molecule has 6 fully saturated rings. The van der Waals surface area contributed by atoms with E-state index in [0.717, 1.165) is 35.5 Å². The molecule has 6 aliphatic rings. The molecule has 1 heteroatoms. The molecule has 0 saturated heterocycles. The van der Waals surface area contributed by atoms with Crippen LogP contribution in [0.25, 0.3) is 0 Å². The lowest BCUT2D eigenvalue weighted by molar-refractivity contribution is -0.190. The third-order valence-corrected chi connectivity index (χ3v) is 9.90. The van der Waals surface area contributed by atoms with Crippen LogP contribution in [0.5, 0.6) is 0 Å². The molecule has 0 aromatic heterocycles. The first-order valence-electron chi connectivity index (χ1n) is 9.42. The van der Waals surface area contributed by atoms with Crippen LogP contribution < -0.4 is 0 Å². The fourth-order valence-electron chi connectivity index (χ4n) is 8.83. The van der Waals surface area contributed by atoms with Crippen LogP contribution in [0.4, 0.5) is 0 Å². The van der Waals surface area contributed by atoms with E-state index >= 15 is 0 Å². The van der Waals surface area contributed by atoms with Gasteiger partial charge in [-0.15, -0.1) is 0 Å². The summed E-state index contributed by atoms with van der Waals surface area (Å²) in [6, 6.07) is 0. The minimum Gasteiger partial charge on any atom is -0.393 e. The van der Waals surface area contributed by atoms with Crippen molar-refractivity contribution in [2.75, 3.05) is 0 Å². The lowest BCUT2D eigenvalue weighted by atomic mass is 9.39. The SMILES string of the molecule is CC1(C)[C@H]2CC[C@@]34C[C@H]5[C@@H](C[C@H]3[C@]2(C)CC[C@@H]1O)[C@@]5(C)C4. The number of fused-ring (bicyclic) bond motifs is 1. The Labute approximate surface area is 129 Å². The third-order valence-electron chi connectivity index (χ3n) is 9.90. The summed E-state index contributed by atoms with van der Waals surface area (Å²) < 4.78 is 0. The van der Waals surface area contributed by atoms with E-state index in [2.05, 4.69) is 27.7 Å². The first-order valence-corrected chi connectivity index (χ1v) is 9.42. The Balaban J connectivity index is 1.56. The van der Waals surface area contributed by atoms with Crippen LogP contribution in [0, 0.1) is 45.3 Å². The van der Waals surface area contributed by atoms with Crippen molar-refractivity contribution in [3.8, 4) is 0 Å². The molecule has 1 spiro atoms. The minimum atomic E-state index is -0.0754. The monoisotopic (exact) mass is 288 g/mol. The molecule has 6 aliphatic carbocycles. The van der Waals surface area contributed by atoms with Crippen molar-refractivity contribution in [2.24, 2.45) is 45.3 Å². The van der Waals surface area contributed by atoms with Gasteiger partial charge in [-0.2, -0.15) is 0 Å². The van der Waals surface area contributed by atoms with Crippen molar-refractivity contribution in [2.45, 2.75) is 78.7 Å². The van der Waals surface area contributed by atoms with Gasteiger partial charge < -0.3 is 5.11 Å². The minimum absolute atomic E-state index is 0.0754. The molecule has 0 heterocycles. The second kappa shape index (κ2) is 3.40. The number of rotatable bonds is 0. The van der Waals surface area contributed by atoms with Crippen LogP contribution >= 0.6 is 0 Å². The van der Waals surface area contributed by atoms with Gasteiger partial charge in [0.25, 0.3) is 0 Å². The zero-order valence-electron chi connectivity index (χ0n) is 14.3. The molecule has 8 atom stereocenters. The topological polar surface area (TPSA) is 20.2 Å². The first kappa shape index (κ1) is 13.4. The molecule has 1 N–H and O–H groups in total. The molecule has 21 heavy (non-hydrogen) atoms. The molecule has 0 amide bonds. The number of aliphatic hydroxyl groups excluding tert-OH is 1. The maximum atomic E-state index is 10.6. The Bertz CT molecular complexity index is 510. The van der Waals surface area contributed by atoms with Crippen LogP contribution in [0.2, 0.25) is 0 Å². The van der Waals surface area contributed by atoms with Crippen molar-refractivity contribution in [1.29, 1.82) is 0 Å². The summed E-state index contributed by atoms with van der Waals surface area (Å²) in [6.45, 7) is 9.92. The van der Waals surface area contributed by atoms with E-state index in [-0.39, 0.29) is 11.5 Å². The summed E-state index contributed by atoms with van der Waals surface area (Å²) in [6.07, 6.45) is 9.72. The molecule has 4 bridgehead atoms. The van der Waals surface area contributed by atoms with Crippen LogP contribution in [0.15, 0.2) is 0 Å². The normalized spacial score (nSPS) is 66.4. The van der Waals surface area contributed by atoms with E-state index in [1.807, 2.05) is 0 Å². The Kier molecular flexibility index (Phi) is 2.17. The zero-order valence-corrected chi connectivity index (χ0v) is 14.3. The van der Waals surface area contributed by atoms with E-state index in [1.54, 1.807) is 12.8 Å². The highest BCUT2D eigenvalue weighted by atomic mass is 16.3. The summed E-state index contributed by atoms with van der Waals surface area (Å²) in [5.74, 6) is 3.87. The molecular formula is C20H32O. The van der Waals surface area contributed by atoms with Crippen molar-refractivity contribution < 1.29 is 5.11 Å². The summed E-state index contributed by atoms with van der Waals surface area (Å²) in [4.78, 5) is 0. The maximum Gasteiger partial charge on any atom is 0.0594 e. The molecule has 0 aromatic carbocycles. The molecule has 0 unspecified atom stereocenters. The summed E-state index contributed by atoms with van der Waals surface area (Å²) in [5, 5.41) is 10.6. The number of hydrogen-bond acceptors (Lipinski definition) is 1. The van der Waals surface area contributed by atoms with E-state index in [4.69, 9.17) is 0 Å². The quantitative estimate of drug-likeness (QED) is 0.688. The van der Waals surface area contributed by atoms with Gasteiger partial charge in [0, 0.05) is 0 Å². The Morgan fingerprint density at radius 2 is 1.62 bits per heavy atom. The van der Waals surface area contributed by atoms with E-state index in [0.29, 0.717) is 10.8 Å². The average Bonchev–Trinajstić information content (AvgIpc) is 2.86. The van der Waals surface area contributed by atoms with E-state index in [1.165, 1.54) is 25.7 Å². The van der Waals surface area contributed by atoms with Gasteiger partial charge in [0.2, 0.25) is 0 Å². The van der Waals surface area contributed by atoms with Crippen molar-refractivity contribution in [3.05, 3.63) is 0 Å². The van der Waals surface area contributed by atoms with Gasteiger partial charge in [-0.25, -0.2) is 0 Å². The van der Waals surface area contributed by atoms with Gasteiger partial charge in [-0.1, -0.05) is 27.7 Å². The van der Waals surface area contributed by atoms with Crippen LogP contribution in [0.1, 0.15) is 72.6 Å². The molecule has 1 nitrogen and oxygen atoms in total. The zero-order chi connectivity index (χ0) is 14.8.